The summed E-state index contributed by atoms with van der Waals surface area (Å²) in [7, 11) is 2.94. The first-order valence-corrected chi connectivity index (χ1v) is 8.85. The Bertz CT molecular complexity index is 839. The molecule has 0 aliphatic rings. The first-order chi connectivity index (χ1) is 12.9. The van der Waals surface area contributed by atoms with Crippen molar-refractivity contribution in [3.63, 3.8) is 0 Å². The van der Waals surface area contributed by atoms with Crippen molar-refractivity contribution in [3.8, 4) is 11.5 Å². The number of amides is 2. The summed E-state index contributed by atoms with van der Waals surface area (Å²) in [5.41, 5.74) is 2.19. The minimum atomic E-state index is -0.450. The van der Waals surface area contributed by atoms with Crippen molar-refractivity contribution < 1.29 is 19.1 Å². The lowest BCUT2D eigenvalue weighted by atomic mass is 10.2. The first kappa shape index (κ1) is 20.6. The van der Waals surface area contributed by atoms with Gasteiger partial charge in [-0.25, -0.2) is 0 Å². The summed E-state index contributed by atoms with van der Waals surface area (Å²) in [5.74, 6) is 0.0379. The second kappa shape index (κ2) is 9.28. The van der Waals surface area contributed by atoms with Crippen molar-refractivity contribution in [1.82, 2.24) is 0 Å². The van der Waals surface area contributed by atoms with E-state index in [9.17, 15) is 9.59 Å². The largest absolute Gasteiger partial charge is 0.495 e. The number of nitrogens with one attached hydrogen (secondary N) is 1. The molecule has 2 aromatic carbocycles. The van der Waals surface area contributed by atoms with Crippen molar-refractivity contribution in [3.05, 3.63) is 47.0 Å². The lowest BCUT2D eigenvalue weighted by Crippen LogP contribution is -2.33. The van der Waals surface area contributed by atoms with Crippen LogP contribution in [0.15, 0.2) is 36.4 Å². The van der Waals surface area contributed by atoms with Crippen molar-refractivity contribution >= 4 is 34.8 Å². The van der Waals surface area contributed by atoms with Gasteiger partial charge in [0.15, 0.2) is 0 Å². The molecule has 2 aromatic rings. The van der Waals surface area contributed by atoms with E-state index in [-0.39, 0.29) is 12.3 Å². The Balaban J connectivity index is 2.14. The summed E-state index contributed by atoms with van der Waals surface area (Å²) in [6, 6.07) is 10.7. The molecule has 27 heavy (non-hydrogen) atoms. The Hall–Kier alpha value is -2.73. The van der Waals surface area contributed by atoms with Crippen LogP contribution in [0.3, 0.4) is 0 Å². The van der Waals surface area contributed by atoms with Gasteiger partial charge in [0.05, 0.1) is 24.9 Å². The van der Waals surface area contributed by atoms with E-state index in [0.29, 0.717) is 28.8 Å². The second-order valence-electron chi connectivity index (χ2n) is 5.89. The van der Waals surface area contributed by atoms with Gasteiger partial charge in [-0.05, 0) is 31.5 Å². The maximum atomic E-state index is 12.6. The number of rotatable bonds is 7. The summed E-state index contributed by atoms with van der Waals surface area (Å²) >= 11 is 6.06. The summed E-state index contributed by atoms with van der Waals surface area (Å²) in [6.07, 6.45) is -0.296. The fourth-order valence-corrected chi connectivity index (χ4v) is 2.91. The first-order valence-electron chi connectivity index (χ1n) is 8.48. The van der Waals surface area contributed by atoms with E-state index in [1.54, 1.807) is 17.0 Å². The molecule has 0 bridgehead atoms. The zero-order valence-corrected chi connectivity index (χ0v) is 16.6. The highest BCUT2D eigenvalue weighted by Crippen LogP contribution is 2.35. The Morgan fingerprint density at radius 1 is 1.11 bits per heavy atom. The van der Waals surface area contributed by atoms with Crippen LogP contribution in [-0.4, -0.2) is 32.6 Å². The number of hydrogen-bond acceptors (Lipinski definition) is 4. The van der Waals surface area contributed by atoms with Crippen molar-refractivity contribution in [1.29, 1.82) is 0 Å². The van der Waals surface area contributed by atoms with E-state index >= 15 is 0 Å². The van der Waals surface area contributed by atoms with E-state index in [0.717, 1.165) is 11.3 Å². The quantitative estimate of drug-likeness (QED) is 0.724. The van der Waals surface area contributed by atoms with Crippen LogP contribution < -0.4 is 19.7 Å². The van der Waals surface area contributed by atoms with E-state index in [2.05, 4.69) is 5.32 Å². The number of halogens is 1. The number of nitrogens with zero attached hydrogens (tertiary/aromatic N) is 1. The molecule has 6 nitrogen and oxygen atoms in total. The Kier molecular flexibility index (Phi) is 7.07. The highest BCUT2D eigenvalue weighted by Gasteiger charge is 2.19. The second-order valence-corrected chi connectivity index (χ2v) is 6.30. The number of benzene rings is 2. The molecule has 7 heteroatoms. The summed E-state index contributed by atoms with van der Waals surface area (Å²) in [5, 5.41) is 3.05. The fraction of sp³-hybridized carbons (Fsp3) is 0.300. The Labute approximate surface area is 164 Å². The molecule has 0 aliphatic heterocycles. The van der Waals surface area contributed by atoms with Gasteiger partial charge in [0, 0.05) is 24.4 Å². The summed E-state index contributed by atoms with van der Waals surface area (Å²) < 4.78 is 10.4. The van der Waals surface area contributed by atoms with Crippen LogP contribution in [0.2, 0.25) is 5.02 Å². The van der Waals surface area contributed by atoms with Crippen LogP contribution in [-0.2, 0) is 9.59 Å². The van der Waals surface area contributed by atoms with Crippen LogP contribution in [0.1, 0.15) is 18.9 Å². The summed E-state index contributed by atoms with van der Waals surface area (Å²) in [6.45, 7) is 4.29. The lowest BCUT2D eigenvalue weighted by Gasteiger charge is -2.21. The number of anilines is 2. The molecule has 144 valence electrons. The number of carbonyl (C=O) groups excluding carboxylic acids is 2. The third kappa shape index (κ3) is 5.14. The molecular formula is C20H23ClN2O4. The number of methoxy groups -OCH3 is 2. The van der Waals surface area contributed by atoms with Gasteiger partial charge in [-0.1, -0.05) is 23.7 Å². The van der Waals surface area contributed by atoms with Crippen molar-refractivity contribution in [2.24, 2.45) is 0 Å². The third-order valence-corrected chi connectivity index (χ3v) is 4.29. The van der Waals surface area contributed by atoms with Gasteiger partial charge in [-0.15, -0.1) is 0 Å². The fourth-order valence-electron chi connectivity index (χ4n) is 2.68. The molecule has 0 atom stereocenters. The Morgan fingerprint density at radius 3 is 2.41 bits per heavy atom. The van der Waals surface area contributed by atoms with E-state index in [4.69, 9.17) is 21.1 Å². The predicted octanol–water partition coefficient (Wildman–Crippen LogP) is 4.05. The monoisotopic (exact) mass is 390 g/mol. The molecule has 0 aliphatic carbocycles. The van der Waals surface area contributed by atoms with Gasteiger partial charge in [0.25, 0.3) is 0 Å². The molecular weight excluding hydrogens is 368 g/mol. The zero-order chi connectivity index (χ0) is 20.0. The van der Waals surface area contributed by atoms with E-state index < -0.39 is 5.91 Å². The lowest BCUT2D eigenvalue weighted by molar-refractivity contribution is -0.125. The molecule has 0 saturated heterocycles. The highest BCUT2D eigenvalue weighted by molar-refractivity contribution is 6.32. The zero-order valence-electron chi connectivity index (χ0n) is 15.8. The van der Waals surface area contributed by atoms with Crippen LogP contribution in [0.4, 0.5) is 11.4 Å². The van der Waals surface area contributed by atoms with Crippen molar-refractivity contribution in [2.45, 2.75) is 20.3 Å². The molecule has 0 saturated carbocycles. The average Bonchev–Trinajstić information content (AvgIpc) is 2.63. The number of hydrogen-bond donors (Lipinski definition) is 1. The molecule has 0 unspecified atom stereocenters. The maximum Gasteiger partial charge on any atom is 0.236 e. The molecule has 0 radical (unpaired) electrons. The minimum Gasteiger partial charge on any atom is -0.495 e. The van der Waals surface area contributed by atoms with Gasteiger partial charge in [-0.3, -0.25) is 9.59 Å². The Morgan fingerprint density at radius 2 is 1.81 bits per heavy atom. The highest BCUT2D eigenvalue weighted by atomic mass is 35.5. The number of aryl methyl sites for hydroxylation is 1. The topological polar surface area (TPSA) is 67.9 Å². The molecule has 2 rings (SSSR count). The van der Waals surface area contributed by atoms with Crippen LogP contribution in [0, 0.1) is 6.92 Å². The molecule has 0 heterocycles. The molecule has 0 aromatic heterocycles. The number of carbonyl (C=O) groups is 2. The smallest absolute Gasteiger partial charge is 0.236 e. The van der Waals surface area contributed by atoms with E-state index in [1.807, 2.05) is 38.1 Å². The molecule has 0 fully saturated rings. The van der Waals surface area contributed by atoms with Crippen LogP contribution in [0.5, 0.6) is 11.5 Å². The third-order valence-electron chi connectivity index (χ3n) is 3.99. The SMILES string of the molecule is CCN(C(=O)CC(=O)Nc1cc(OC)c(Cl)cc1OC)c1cccc(C)c1. The van der Waals surface area contributed by atoms with E-state index in [1.165, 1.54) is 14.2 Å². The molecule has 1 N–H and O–H groups in total. The van der Waals surface area contributed by atoms with Crippen LogP contribution >= 0.6 is 11.6 Å². The minimum absolute atomic E-state index is 0.291. The average molecular weight is 391 g/mol. The van der Waals surface area contributed by atoms with Gasteiger partial charge in [0.1, 0.15) is 17.9 Å². The van der Waals surface area contributed by atoms with Crippen LogP contribution in [0.25, 0.3) is 0 Å². The van der Waals surface area contributed by atoms with Gasteiger partial charge in [0.2, 0.25) is 11.8 Å². The maximum absolute atomic E-state index is 12.6. The normalized spacial score (nSPS) is 10.3. The molecule has 0 spiro atoms. The van der Waals surface area contributed by atoms with Gasteiger partial charge >= 0.3 is 0 Å². The van der Waals surface area contributed by atoms with Crippen molar-refractivity contribution in [2.75, 3.05) is 31.0 Å². The number of ether oxygens (including phenoxy) is 2. The predicted molar refractivity (Wildman–Crippen MR) is 107 cm³/mol. The summed E-state index contributed by atoms with van der Waals surface area (Å²) in [4.78, 5) is 26.6. The van der Waals surface area contributed by atoms with Gasteiger partial charge < -0.3 is 19.7 Å². The van der Waals surface area contributed by atoms with Gasteiger partial charge in [-0.2, -0.15) is 0 Å². The standard InChI is InChI=1S/C20H23ClN2O4/c1-5-23(14-8-6-7-13(2)9-14)20(25)12-19(24)22-16-11-17(26-3)15(21)10-18(16)27-4/h6-11H,5,12H2,1-4H3,(H,22,24). The molecule has 2 amide bonds.